The van der Waals surface area contributed by atoms with Crippen LogP contribution in [-0.4, -0.2) is 47.5 Å². The van der Waals surface area contributed by atoms with E-state index in [4.69, 9.17) is 9.47 Å². The van der Waals surface area contributed by atoms with E-state index in [1.807, 2.05) is 52.0 Å². The molecule has 1 fully saturated rings. The molecule has 5 nitrogen and oxygen atoms in total. The zero-order chi connectivity index (χ0) is 17.0. The molecule has 0 aromatic heterocycles. The number of aliphatic hydroxyl groups is 1. The normalized spacial score (nSPS) is 21.9. The number of carbonyl (C=O) groups is 1. The highest BCUT2D eigenvalue weighted by Gasteiger charge is 2.33. The lowest BCUT2D eigenvalue weighted by molar-refractivity contribution is -0.00152. The van der Waals surface area contributed by atoms with Crippen molar-refractivity contribution in [1.29, 1.82) is 0 Å². The third-order valence-electron chi connectivity index (χ3n) is 3.85. The van der Waals surface area contributed by atoms with Crippen LogP contribution in [0, 0.1) is 0 Å². The Morgan fingerprint density at radius 2 is 1.96 bits per heavy atom. The first kappa shape index (κ1) is 17.6. The molecule has 1 saturated heterocycles. The van der Waals surface area contributed by atoms with Crippen LogP contribution in [0.4, 0.5) is 4.79 Å². The summed E-state index contributed by atoms with van der Waals surface area (Å²) in [5.41, 5.74) is 0.554. The highest BCUT2D eigenvalue weighted by atomic mass is 16.6. The summed E-state index contributed by atoms with van der Waals surface area (Å²) in [6, 6.07) is 7.82. The van der Waals surface area contributed by atoms with Crippen molar-refractivity contribution in [3.05, 3.63) is 29.8 Å². The molecule has 0 bridgehead atoms. The van der Waals surface area contributed by atoms with E-state index in [2.05, 4.69) is 0 Å². The quantitative estimate of drug-likeness (QED) is 0.929. The van der Waals surface area contributed by atoms with E-state index in [1.54, 1.807) is 4.90 Å². The molecular weight excluding hydrogens is 294 g/mol. The monoisotopic (exact) mass is 321 g/mol. The molecule has 1 aromatic rings. The minimum Gasteiger partial charge on any atom is -0.494 e. The zero-order valence-corrected chi connectivity index (χ0v) is 14.4. The maximum Gasteiger partial charge on any atom is 0.410 e. The second kappa shape index (κ2) is 7.21. The molecule has 1 aliphatic heterocycles. The first-order chi connectivity index (χ1) is 10.8. The van der Waals surface area contributed by atoms with E-state index in [-0.39, 0.29) is 12.0 Å². The van der Waals surface area contributed by atoms with Gasteiger partial charge in [-0.3, -0.25) is 0 Å². The Kier molecular flexibility index (Phi) is 5.52. The molecule has 128 valence electrons. The maximum atomic E-state index is 12.1. The Morgan fingerprint density at radius 3 is 2.48 bits per heavy atom. The van der Waals surface area contributed by atoms with E-state index in [1.165, 1.54) is 0 Å². The predicted molar refractivity (Wildman–Crippen MR) is 88.8 cm³/mol. The Bertz CT molecular complexity index is 521. The fraction of sp³-hybridized carbons (Fsp3) is 0.611. The van der Waals surface area contributed by atoms with Crippen molar-refractivity contribution < 1.29 is 19.4 Å². The Hall–Kier alpha value is -1.75. The summed E-state index contributed by atoms with van der Waals surface area (Å²) in [4.78, 5) is 13.7. The van der Waals surface area contributed by atoms with Gasteiger partial charge in [0.05, 0.1) is 19.3 Å². The molecule has 0 spiro atoms. The molecule has 0 unspecified atom stereocenters. The molecule has 0 aliphatic carbocycles. The van der Waals surface area contributed by atoms with Crippen LogP contribution in [-0.2, 0) is 4.74 Å². The molecule has 2 atom stereocenters. The smallest absolute Gasteiger partial charge is 0.410 e. The fourth-order valence-corrected chi connectivity index (χ4v) is 2.79. The molecule has 2 rings (SSSR count). The lowest BCUT2D eigenvalue weighted by Gasteiger charge is -2.36. The van der Waals surface area contributed by atoms with Gasteiger partial charge in [-0.15, -0.1) is 0 Å². The third kappa shape index (κ3) is 4.86. The van der Waals surface area contributed by atoms with Crippen molar-refractivity contribution in [2.24, 2.45) is 0 Å². The average Bonchev–Trinajstić information content (AvgIpc) is 2.47. The van der Waals surface area contributed by atoms with Crippen molar-refractivity contribution in [3.8, 4) is 5.75 Å². The van der Waals surface area contributed by atoms with Crippen molar-refractivity contribution in [2.45, 2.75) is 51.7 Å². The molecular formula is C18H27NO4. The number of β-amino-alcohol motifs (C(OH)–C–C–N with tert-alkyl or cyclic N) is 1. The van der Waals surface area contributed by atoms with Gasteiger partial charge in [0.25, 0.3) is 0 Å². The average molecular weight is 321 g/mol. The van der Waals surface area contributed by atoms with Gasteiger partial charge in [0.15, 0.2) is 0 Å². The van der Waals surface area contributed by atoms with Crippen molar-refractivity contribution in [1.82, 2.24) is 4.90 Å². The van der Waals surface area contributed by atoms with Crippen LogP contribution in [0.15, 0.2) is 24.3 Å². The highest BCUT2D eigenvalue weighted by Crippen LogP contribution is 2.30. The summed E-state index contributed by atoms with van der Waals surface area (Å²) in [6.45, 7) is 8.99. The highest BCUT2D eigenvalue weighted by molar-refractivity contribution is 5.68. The molecule has 23 heavy (non-hydrogen) atoms. The summed E-state index contributed by atoms with van der Waals surface area (Å²) in [6.07, 6.45) is -0.232. The largest absolute Gasteiger partial charge is 0.494 e. The fourth-order valence-electron chi connectivity index (χ4n) is 2.79. The van der Waals surface area contributed by atoms with E-state index >= 15 is 0 Å². The third-order valence-corrected chi connectivity index (χ3v) is 3.85. The van der Waals surface area contributed by atoms with Gasteiger partial charge in [-0.05, 0) is 51.8 Å². The number of nitrogens with zero attached hydrogens (tertiary/aromatic N) is 1. The zero-order valence-electron chi connectivity index (χ0n) is 14.4. The molecule has 1 aliphatic rings. The van der Waals surface area contributed by atoms with Crippen LogP contribution in [0.25, 0.3) is 0 Å². The number of aliphatic hydroxyl groups excluding tert-OH is 1. The van der Waals surface area contributed by atoms with Crippen LogP contribution >= 0.6 is 0 Å². The topological polar surface area (TPSA) is 59.0 Å². The molecule has 5 heteroatoms. The van der Waals surface area contributed by atoms with Crippen molar-refractivity contribution in [3.63, 3.8) is 0 Å². The number of piperidine rings is 1. The number of benzene rings is 1. The van der Waals surface area contributed by atoms with Crippen LogP contribution in [0.2, 0.25) is 0 Å². The van der Waals surface area contributed by atoms with Crippen LogP contribution in [0.3, 0.4) is 0 Å². The van der Waals surface area contributed by atoms with Gasteiger partial charge in [0, 0.05) is 12.5 Å². The molecule has 0 radical (unpaired) electrons. The maximum absolute atomic E-state index is 12.1. The van der Waals surface area contributed by atoms with E-state index < -0.39 is 11.7 Å². The van der Waals surface area contributed by atoms with Crippen LogP contribution < -0.4 is 4.74 Å². The Morgan fingerprint density at radius 1 is 1.30 bits per heavy atom. The summed E-state index contributed by atoms with van der Waals surface area (Å²) in [5, 5.41) is 10.4. The van der Waals surface area contributed by atoms with Gasteiger partial charge in [0.1, 0.15) is 11.4 Å². The summed E-state index contributed by atoms with van der Waals surface area (Å²) in [7, 11) is 0. The first-order valence-electron chi connectivity index (χ1n) is 8.19. The Balaban J connectivity index is 1.97. The van der Waals surface area contributed by atoms with Crippen molar-refractivity contribution >= 4 is 6.09 Å². The van der Waals surface area contributed by atoms with Crippen LogP contribution in [0.1, 0.15) is 45.6 Å². The molecule has 1 amide bonds. The predicted octanol–water partition coefficient (Wildman–Crippen LogP) is 3.17. The number of ether oxygens (including phenoxy) is 2. The minimum absolute atomic E-state index is 0.0318. The first-order valence-corrected chi connectivity index (χ1v) is 8.19. The second-order valence-corrected chi connectivity index (χ2v) is 6.89. The van der Waals surface area contributed by atoms with E-state index in [9.17, 15) is 9.90 Å². The van der Waals surface area contributed by atoms with Crippen molar-refractivity contribution in [2.75, 3.05) is 19.7 Å². The standard InChI is InChI=1S/C18H27NO4/c1-5-22-14-8-6-13(7-9-14)15-10-11-19(12-16(15)20)17(21)23-18(2,3)4/h6-9,15-16,20H,5,10-12H2,1-4H3/t15-,16+/m1/s1. The molecule has 1 aromatic carbocycles. The second-order valence-electron chi connectivity index (χ2n) is 6.89. The lowest BCUT2D eigenvalue weighted by Crippen LogP contribution is -2.47. The molecule has 0 saturated carbocycles. The lowest BCUT2D eigenvalue weighted by atomic mass is 9.87. The van der Waals surface area contributed by atoms with Gasteiger partial charge >= 0.3 is 6.09 Å². The molecule has 1 N–H and O–H groups in total. The summed E-state index contributed by atoms with van der Waals surface area (Å²) < 4.78 is 10.8. The number of carbonyl (C=O) groups excluding carboxylic acids is 1. The number of rotatable bonds is 3. The Labute approximate surface area is 138 Å². The number of likely N-dealkylation sites (tertiary alicyclic amines) is 1. The number of amides is 1. The summed E-state index contributed by atoms with van der Waals surface area (Å²) >= 11 is 0. The van der Waals surface area contributed by atoms with Gasteiger partial charge in [-0.1, -0.05) is 12.1 Å². The van der Waals surface area contributed by atoms with Gasteiger partial charge in [-0.25, -0.2) is 4.79 Å². The number of hydrogen-bond acceptors (Lipinski definition) is 4. The van der Waals surface area contributed by atoms with E-state index in [0.717, 1.165) is 11.3 Å². The number of hydrogen-bond donors (Lipinski definition) is 1. The SMILES string of the molecule is CCOc1ccc([C@H]2CCN(C(=O)OC(C)(C)C)C[C@@H]2O)cc1. The van der Waals surface area contributed by atoms with E-state index in [0.29, 0.717) is 26.1 Å². The molecule has 1 heterocycles. The van der Waals surface area contributed by atoms with Gasteiger partial charge < -0.3 is 19.5 Å². The van der Waals surface area contributed by atoms with Crippen LogP contribution in [0.5, 0.6) is 5.75 Å². The minimum atomic E-state index is -0.589. The van der Waals surface area contributed by atoms with Gasteiger partial charge in [0.2, 0.25) is 0 Å². The summed E-state index contributed by atoms with van der Waals surface area (Å²) in [5.74, 6) is 0.862. The van der Waals surface area contributed by atoms with Gasteiger partial charge in [-0.2, -0.15) is 0 Å².